The van der Waals surface area contributed by atoms with E-state index < -0.39 is 5.97 Å². The van der Waals surface area contributed by atoms with E-state index >= 15 is 0 Å². The molecule has 0 heterocycles. The number of carbonyl (C=O) groups excluding carboxylic acids is 1. The molecule has 1 unspecified atom stereocenters. The predicted octanol–water partition coefficient (Wildman–Crippen LogP) is 2.68. The van der Waals surface area contributed by atoms with Crippen molar-refractivity contribution in [3.05, 3.63) is 29.3 Å². The lowest BCUT2D eigenvalue weighted by Crippen LogP contribution is -2.22. The summed E-state index contributed by atoms with van der Waals surface area (Å²) in [4.78, 5) is 22.9. The van der Waals surface area contributed by atoms with Gasteiger partial charge in [0.25, 0.3) is 0 Å². The van der Waals surface area contributed by atoms with Gasteiger partial charge in [0.1, 0.15) is 0 Å². The fraction of sp³-hybridized carbons (Fsp3) is 0.429. The van der Waals surface area contributed by atoms with Crippen LogP contribution in [0.5, 0.6) is 0 Å². The van der Waals surface area contributed by atoms with Crippen LogP contribution in [0.2, 0.25) is 0 Å². The molecule has 0 aliphatic heterocycles. The van der Waals surface area contributed by atoms with Crippen molar-refractivity contribution in [3.8, 4) is 0 Å². The summed E-state index contributed by atoms with van der Waals surface area (Å²) < 4.78 is 0. The molecule has 4 nitrogen and oxygen atoms in total. The highest BCUT2D eigenvalue weighted by atomic mass is 16.4. The summed E-state index contributed by atoms with van der Waals surface area (Å²) in [6.07, 6.45) is 2.23. The zero-order valence-electron chi connectivity index (χ0n) is 10.6. The molecule has 1 saturated carbocycles. The summed E-state index contributed by atoms with van der Waals surface area (Å²) in [5.41, 5.74) is 1.47. The minimum absolute atomic E-state index is 0.000388. The van der Waals surface area contributed by atoms with Crippen LogP contribution in [0.3, 0.4) is 0 Å². The van der Waals surface area contributed by atoms with Crippen LogP contribution in [0, 0.1) is 18.8 Å². The highest BCUT2D eigenvalue weighted by Crippen LogP contribution is 2.37. The topological polar surface area (TPSA) is 66.4 Å². The lowest BCUT2D eigenvalue weighted by molar-refractivity contribution is -0.119. The second-order valence-corrected chi connectivity index (χ2v) is 4.95. The number of anilines is 1. The summed E-state index contributed by atoms with van der Waals surface area (Å²) in [5, 5.41) is 11.8. The van der Waals surface area contributed by atoms with Crippen LogP contribution < -0.4 is 5.32 Å². The molecule has 1 amide bonds. The van der Waals surface area contributed by atoms with E-state index in [-0.39, 0.29) is 17.4 Å². The molecule has 0 saturated heterocycles. The molecular formula is C14H17NO3. The Balaban J connectivity index is 2.11. The van der Waals surface area contributed by atoms with Gasteiger partial charge >= 0.3 is 5.97 Å². The van der Waals surface area contributed by atoms with E-state index in [2.05, 4.69) is 5.32 Å². The Morgan fingerprint density at radius 1 is 1.39 bits per heavy atom. The van der Waals surface area contributed by atoms with Crippen molar-refractivity contribution in [2.75, 3.05) is 5.32 Å². The van der Waals surface area contributed by atoms with E-state index in [0.29, 0.717) is 17.2 Å². The minimum atomic E-state index is -0.973. The number of benzene rings is 1. The zero-order valence-corrected chi connectivity index (χ0v) is 10.6. The number of aromatic carboxylic acids is 1. The Morgan fingerprint density at radius 2 is 2.06 bits per heavy atom. The average Bonchev–Trinajstić information content (AvgIpc) is 3.14. The maximum atomic E-state index is 11.9. The summed E-state index contributed by atoms with van der Waals surface area (Å²) in [6, 6.07) is 4.95. The number of hydrogen-bond donors (Lipinski definition) is 2. The van der Waals surface area contributed by atoms with E-state index in [4.69, 9.17) is 5.11 Å². The molecule has 1 fully saturated rings. The third-order valence-electron chi connectivity index (χ3n) is 3.48. The van der Waals surface area contributed by atoms with Gasteiger partial charge in [0.05, 0.1) is 5.56 Å². The van der Waals surface area contributed by atoms with Crippen molar-refractivity contribution < 1.29 is 14.7 Å². The number of hydrogen-bond acceptors (Lipinski definition) is 2. The molecule has 2 N–H and O–H groups in total. The average molecular weight is 247 g/mol. The quantitative estimate of drug-likeness (QED) is 0.859. The monoisotopic (exact) mass is 247 g/mol. The van der Waals surface area contributed by atoms with Gasteiger partial charge in [-0.15, -0.1) is 0 Å². The van der Waals surface area contributed by atoms with Gasteiger partial charge in [-0.1, -0.05) is 13.0 Å². The molecule has 1 aliphatic carbocycles. The first-order chi connectivity index (χ1) is 8.49. The Hall–Kier alpha value is -1.84. The van der Waals surface area contributed by atoms with Crippen molar-refractivity contribution >= 4 is 17.6 Å². The van der Waals surface area contributed by atoms with Crippen molar-refractivity contribution in [1.29, 1.82) is 0 Å². The van der Waals surface area contributed by atoms with Crippen LogP contribution >= 0.6 is 0 Å². The van der Waals surface area contributed by atoms with Gasteiger partial charge in [-0.3, -0.25) is 4.79 Å². The van der Waals surface area contributed by atoms with Gasteiger partial charge in [-0.05, 0) is 43.4 Å². The summed E-state index contributed by atoms with van der Waals surface area (Å²) in [6.45, 7) is 3.65. The Labute approximate surface area is 106 Å². The van der Waals surface area contributed by atoms with Crippen LogP contribution in [0.25, 0.3) is 0 Å². The second kappa shape index (κ2) is 4.80. The summed E-state index contributed by atoms with van der Waals surface area (Å²) in [7, 11) is 0. The number of amides is 1. The molecule has 0 bridgehead atoms. The fourth-order valence-corrected chi connectivity index (χ4v) is 2.00. The second-order valence-electron chi connectivity index (χ2n) is 4.95. The van der Waals surface area contributed by atoms with Gasteiger partial charge < -0.3 is 10.4 Å². The van der Waals surface area contributed by atoms with Gasteiger partial charge in [0.15, 0.2) is 0 Å². The van der Waals surface area contributed by atoms with Crippen LogP contribution in [-0.4, -0.2) is 17.0 Å². The first-order valence-electron chi connectivity index (χ1n) is 6.14. The Kier molecular flexibility index (Phi) is 3.36. The molecule has 96 valence electrons. The molecule has 0 spiro atoms. The van der Waals surface area contributed by atoms with Gasteiger partial charge in [0, 0.05) is 11.6 Å². The molecule has 1 aromatic carbocycles. The third kappa shape index (κ3) is 2.70. The molecule has 2 rings (SSSR count). The van der Waals surface area contributed by atoms with E-state index in [1.54, 1.807) is 19.1 Å². The molecular weight excluding hydrogens is 230 g/mol. The fourth-order valence-electron chi connectivity index (χ4n) is 2.00. The zero-order chi connectivity index (χ0) is 13.3. The van der Waals surface area contributed by atoms with Gasteiger partial charge in [-0.2, -0.15) is 0 Å². The number of nitrogens with one attached hydrogen (secondary N) is 1. The lowest BCUT2D eigenvalue weighted by Gasteiger charge is -2.12. The van der Waals surface area contributed by atoms with Crippen molar-refractivity contribution in [2.45, 2.75) is 26.7 Å². The number of carboxylic acids is 1. The number of aryl methyl sites for hydroxylation is 1. The van der Waals surface area contributed by atoms with Crippen LogP contribution in [0.1, 0.15) is 35.7 Å². The molecule has 18 heavy (non-hydrogen) atoms. The van der Waals surface area contributed by atoms with E-state index in [9.17, 15) is 9.59 Å². The molecule has 0 radical (unpaired) electrons. The minimum Gasteiger partial charge on any atom is -0.478 e. The largest absolute Gasteiger partial charge is 0.478 e. The number of carboxylic acid groups (broad SMARTS) is 1. The molecule has 4 heteroatoms. The first-order valence-corrected chi connectivity index (χ1v) is 6.14. The smallest absolute Gasteiger partial charge is 0.336 e. The number of carbonyl (C=O) groups is 2. The van der Waals surface area contributed by atoms with E-state index in [1.807, 2.05) is 6.92 Å². The predicted molar refractivity (Wildman–Crippen MR) is 68.7 cm³/mol. The maximum Gasteiger partial charge on any atom is 0.336 e. The molecule has 1 aromatic rings. The number of rotatable bonds is 4. The van der Waals surface area contributed by atoms with Crippen LogP contribution in [0.4, 0.5) is 5.69 Å². The lowest BCUT2D eigenvalue weighted by atomic mass is 10.0. The van der Waals surface area contributed by atoms with Crippen molar-refractivity contribution in [3.63, 3.8) is 0 Å². The first kappa shape index (κ1) is 12.6. The molecule has 1 atom stereocenters. The maximum absolute atomic E-state index is 11.9. The van der Waals surface area contributed by atoms with Crippen LogP contribution in [-0.2, 0) is 4.79 Å². The van der Waals surface area contributed by atoms with Gasteiger partial charge in [-0.25, -0.2) is 4.79 Å². The van der Waals surface area contributed by atoms with E-state index in [1.165, 1.54) is 6.07 Å². The summed E-state index contributed by atoms with van der Waals surface area (Å²) in [5.74, 6) is -0.509. The van der Waals surface area contributed by atoms with E-state index in [0.717, 1.165) is 12.8 Å². The Morgan fingerprint density at radius 3 is 2.61 bits per heavy atom. The molecule has 1 aliphatic rings. The van der Waals surface area contributed by atoms with Crippen molar-refractivity contribution in [1.82, 2.24) is 0 Å². The van der Waals surface area contributed by atoms with Crippen LogP contribution in [0.15, 0.2) is 18.2 Å². The SMILES string of the molecule is Cc1ccc(NC(=O)C(C)C2CC2)cc1C(=O)O. The molecule has 0 aromatic heterocycles. The highest BCUT2D eigenvalue weighted by molar-refractivity contribution is 5.95. The van der Waals surface area contributed by atoms with Crippen molar-refractivity contribution in [2.24, 2.45) is 11.8 Å². The normalized spacial score (nSPS) is 16.1. The Bertz CT molecular complexity index is 492. The summed E-state index contributed by atoms with van der Waals surface area (Å²) >= 11 is 0. The third-order valence-corrected chi connectivity index (χ3v) is 3.48. The highest BCUT2D eigenvalue weighted by Gasteiger charge is 2.32. The van der Waals surface area contributed by atoms with Gasteiger partial charge in [0.2, 0.25) is 5.91 Å². The standard InChI is InChI=1S/C14H17NO3/c1-8-3-6-11(7-12(8)14(17)18)15-13(16)9(2)10-4-5-10/h3,6-7,9-10H,4-5H2,1-2H3,(H,15,16)(H,17,18).